The number of rotatable bonds is 6. The molecule has 0 spiro atoms. The standard InChI is InChI=1S/C29H28N2O/c1-22-18-30-16-15-26(22)27-13-8-14-29-28(27)17-25(21-32-29)31(19-23-9-4-2-5-10-23)20-24-11-6-3-7-12-24/h2-16,18,25H,17,19-21H2,1H3. The molecule has 3 aromatic carbocycles. The average molecular weight is 421 g/mol. The van der Waals surface area contributed by atoms with Gasteiger partial charge in [-0.25, -0.2) is 0 Å². The summed E-state index contributed by atoms with van der Waals surface area (Å²) in [4.78, 5) is 6.84. The number of aryl methyl sites for hydroxylation is 1. The number of ether oxygens (including phenoxy) is 1. The number of hydrogen-bond donors (Lipinski definition) is 0. The highest BCUT2D eigenvalue weighted by Gasteiger charge is 2.28. The summed E-state index contributed by atoms with van der Waals surface area (Å²) >= 11 is 0. The van der Waals surface area contributed by atoms with E-state index in [1.165, 1.54) is 33.4 Å². The molecule has 160 valence electrons. The van der Waals surface area contributed by atoms with Crippen LogP contribution in [0.15, 0.2) is 97.3 Å². The Hall–Kier alpha value is -3.43. The van der Waals surface area contributed by atoms with E-state index >= 15 is 0 Å². The number of fused-ring (bicyclic) bond motifs is 1. The molecule has 1 unspecified atom stereocenters. The molecule has 1 aliphatic rings. The van der Waals surface area contributed by atoms with Crippen molar-refractivity contribution in [3.63, 3.8) is 0 Å². The van der Waals surface area contributed by atoms with Crippen molar-refractivity contribution in [2.45, 2.75) is 32.5 Å². The molecule has 0 bridgehead atoms. The molecule has 0 fully saturated rings. The van der Waals surface area contributed by atoms with E-state index < -0.39 is 0 Å². The summed E-state index contributed by atoms with van der Waals surface area (Å²) in [6.45, 7) is 4.62. The molecule has 3 heteroatoms. The maximum atomic E-state index is 6.34. The van der Waals surface area contributed by atoms with Gasteiger partial charge < -0.3 is 4.74 Å². The highest BCUT2D eigenvalue weighted by molar-refractivity contribution is 5.72. The van der Waals surface area contributed by atoms with Gasteiger partial charge in [0, 0.05) is 37.1 Å². The third-order valence-electron chi connectivity index (χ3n) is 6.29. The van der Waals surface area contributed by atoms with E-state index in [-0.39, 0.29) is 0 Å². The van der Waals surface area contributed by atoms with Crippen LogP contribution in [0.2, 0.25) is 0 Å². The van der Waals surface area contributed by atoms with Crippen molar-refractivity contribution in [3.05, 3.63) is 120 Å². The molecule has 2 heterocycles. The van der Waals surface area contributed by atoms with Crippen molar-refractivity contribution in [1.29, 1.82) is 0 Å². The van der Waals surface area contributed by atoms with E-state index in [0.717, 1.165) is 25.3 Å². The highest BCUT2D eigenvalue weighted by Crippen LogP contribution is 2.36. The monoisotopic (exact) mass is 420 g/mol. The molecule has 0 aliphatic carbocycles. The molecule has 0 N–H and O–H groups in total. The molecule has 1 aromatic heterocycles. The maximum Gasteiger partial charge on any atom is 0.123 e. The van der Waals surface area contributed by atoms with Gasteiger partial charge in [-0.1, -0.05) is 72.8 Å². The average Bonchev–Trinajstić information content (AvgIpc) is 2.85. The van der Waals surface area contributed by atoms with Crippen LogP contribution < -0.4 is 4.74 Å². The molecule has 1 atom stereocenters. The van der Waals surface area contributed by atoms with Gasteiger partial charge in [0.05, 0.1) is 0 Å². The van der Waals surface area contributed by atoms with Crippen molar-refractivity contribution in [2.75, 3.05) is 6.61 Å². The molecule has 4 aromatic rings. The first-order valence-corrected chi connectivity index (χ1v) is 11.3. The predicted molar refractivity (Wildman–Crippen MR) is 130 cm³/mol. The number of benzene rings is 3. The highest BCUT2D eigenvalue weighted by atomic mass is 16.5. The van der Waals surface area contributed by atoms with Gasteiger partial charge in [0.25, 0.3) is 0 Å². The Bertz CT molecular complexity index is 1130. The topological polar surface area (TPSA) is 25.4 Å². The van der Waals surface area contributed by atoms with Crippen LogP contribution in [-0.2, 0) is 19.5 Å². The van der Waals surface area contributed by atoms with E-state index in [4.69, 9.17) is 4.74 Å². The molecule has 0 saturated heterocycles. The largest absolute Gasteiger partial charge is 0.492 e. The Labute approximate surface area is 190 Å². The Balaban J connectivity index is 1.47. The van der Waals surface area contributed by atoms with Gasteiger partial charge in [0.15, 0.2) is 0 Å². The Morgan fingerprint density at radius 2 is 1.50 bits per heavy atom. The van der Waals surface area contributed by atoms with Crippen molar-refractivity contribution in [3.8, 4) is 16.9 Å². The van der Waals surface area contributed by atoms with Crippen LogP contribution in [0.25, 0.3) is 11.1 Å². The third kappa shape index (κ3) is 4.44. The molecule has 0 amide bonds. The first-order chi connectivity index (χ1) is 15.8. The van der Waals surface area contributed by atoms with Crippen molar-refractivity contribution >= 4 is 0 Å². The SMILES string of the molecule is Cc1cnccc1-c1cccc2c1CC(N(Cc1ccccc1)Cc1ccccc1)CO2. The Morgan fingerprint density at radius 1 is 0.812 bits per heavy atom. The van der Waals surface area contributed by atoms with E-state index in [1.807, 2.05) is 12.4 Å². The minimum atomic E-state index is 0.297. The van der Waals surface area contributed by atoms with Crippen molar-refractivity contribution < 1.29 is 4.74 Å². The van der Waals surface area contributed by atoms with Crippen LogP contribution in [0.3, 0.4) is 0 Å². The summed E-state index contributed by atoms with van der Waals surface area (Å²) in [5.74, 6) is 1.01. The van der Waals surface area contributed by atoms with Crippen LogP contribution in [0.4, 0.5) is 0 Å². The fourth-order valence-corrected chi connectivity index (χ4v) is 4.60. The minimum Gasteiger partial charge on any atom is -0.492 e. The maximum absolute atomic E-state index is 6.34. The third-order valence-corrected chi connectivity index (χ3v) is 6.29. The lowest BCUT2D eigenvalue weighted by atomic mass is 9.91. The summed E-state index contributed by atoms with van der Waals surface area (Å²) in [5.41, 5.74) is 7.63. The molecule has 3 nitrogen and oxygen atoms in total. The first kappa shape index (κ1) is 20.5. The van der Waals surface area contributed by atoms with E-state index in [9.17, 15) is 0 Å². The number of aromatic nitrogens is 1. The van der Waals surface area contributed by atoms with Crippen LogP contribution in [0, 0.1) is 6.92 Å². The van der Waals surface area contributed by atoms with Crippen LogP contribution in [-0.4, -0.2) is 22.5 Å². The zero-order chi connectivity index (χ0) is 21.8. The van der Waals surface area contributed by atoms with Crippen molar-refractivity contribution in [2.24, 2.45) is 0 Å². The summed E-state index contributed by atoms with van der Waals surface area (Å²) in [6.07, 6.45) is 4.78. The summed E-state index contributed by atoms with van der Waals surface area (Å²) < 4.78 is 6.34. The summed E-state index contributed by atoms with van der Waals surface area (Å²) in [5, 5.41) is 0. The van der Waals surface area contributed by atoms with Crippen LogP contribution >= 0.6 is 0 Å². The van der Waals surface area contributed by atoms with E-state index in [1.54, 1.807) is 0 Å². The Morgan fingerprint density at radius 3 is 2.16 bits per heavy atom. The fraction of sp³-hybridized carbons (Fsp3) is 0.207. The number of nitrogens with zero attached hydrogens (tertiary/aromatic N) is 2. The normalized spacial score (nSPS) is 15.2. The van der Waals surface area contributed by atoms with E-state index in [0.29, 0.717) is 12.6 Å². The smallest absolute Gasteiger partial charge is 0.123 e. The molecule has 0 radical (unpaired) electrons. The summed E-state index contributed by atoms with van der Waals surface area (Å²) in [7, 11) is 0. The van der Waals surface area contributed by atoms with Gasteiger partial charge in [0.2, 0.25) is 0 Å². The number of pyridine rings is 1. The molecule has 1 aliphatic heterocycles. The second-order valence-electron chi connectivity index (χ2n) is 8.52. The van der Waals surface area contributed by atoms with Gasteiger partial charge in [-0.2, -0.15) is 0 Å². The van der Waals surface area contributed by atoms with Gasteiger partial charge in [-0.05, 0) is 53.3 Å². The van der Waals surface area contributed by atoms with Gasteiger partial charge in [-0.3, -0.25) is 9.88 Å². The second-order valence-corrected chi connectivity index (χ2v) is 8.52. The predicted octanol–water partition coefficient (Wildman–Crippen LogP) is 6.06. The lowest BCUT2D eigenvalue weighted by molar-refractivity contribution is 0.106. The lowest BCUT2D eigenvalue weighted by Crippen LogP contribution is -2.42. The molecular formula is C29H28N2O. The lowest BCUT2D eigenvalue weighted by Gasteiger charge is -2.36. The Kier molecular flexibility index (Phi) is 6.00. The first-order valence-electron chi connectivity index (χ1n) is 11.3. The summed E-state index contributed by atoms with van der Waals surface area (Å²) in [6, 6.07) is 30.3. The molecular weight excluding hydrogens is 392 g/mol. The molecule has 32 heavy (non-hydrogen) atoms. The fourth-order valence-electron chi connectivity index (χ4n) is 4.60. The van der Waals surface area contributed by atoms with Gasteiger partial charge in [-0.15, -0.1) is 0 Å². The van der Waals surface area contributed by atoms with Crippen LogP contribution in [0.5, 0.6) is 5.75 Å². The molecule has 0 saturated carbocycles. The van der Waals surface area contributed by atoms with Gasteiger partial charge >= 0.3 is 0 Å². The van der Waals surface area contributed by atoms with E-state index in [2.05, 4.69) is 102 Å². The second kappa shape index (κ2) is 9.37. The van der Waals surface area contributed by atoms with Gasteiger partial charge in [0.1, 0.15) is 12.4 Å². The van der Waals surface area contributed by atoms with Crippen molar-refractivity contribution in [1.82, 2.24) is 9.88 Å². The zero-order valence-electron chi connectivity index (χ0n) is 18.4. The quantitative estimate of drug-likeness (QED) is 0.379. The zero-order valence-corrected chi connectivity index (χ0v) is 18.4. The van der Waals surface area contributed by atoms with Crippen LogP contribution in [0.1, 0.15) is 22.3 Å². The molecule has 5 rings (SSSR count). The number of hydrogen-bond acceptors (Lipinski definition) is 3. The minimum absolute atomic E-state index is 0.297.